The summed E-state index contributed by atoms with van der Waals surface area (Å²) in [6, 6.07) is 0. The fourth-order valence-electron chi connectivity index (χ4n) is 0.499. The Bertz CT molecular complexity index is 82.4. The fraction of sp³-hybridized carbons (Fsp3) is 0.714. The molecule has 1 radical (unpaired) electrons. The zero-order chi connectivity index (χ0) is 6.62. The first-order valence-corrected chi connectivity index (χ1v) is 2.84. The zero-order valence-electron chi connectivity index (χ0n) is 5.77. The van der Waals surface area contributed by atoms with Crippen molar-refractivity contribution in [2.75, 3.05) is 6.61 Å². The standard InChI is InChI=1S/C7H13O/c1-4-5-7(2,3)6-8/h4-5H,6H2,1-3H3. The summed E-state index contributed by atoms with van der Waals surface area (Å²) in [7, 11) is 0. The Hall–Kier alpha value is -0.300. The molecule has 1 nitrogen and oxygen atoms in total. The number of hydrogen-bond donors (Lipinski definition) is 0. The van der Waals surface area contributed by atoms with Gasteiger partial charge in [0.05, 0.1) is 6.61 Å². The third kappa shape index (κ3) is 2.80. The third-order valence-corrected chi connectivity index (χ3v) is 0.990. The van der Waals surface area contributed by atoms with E-state index >= 15 is 0 Å². The van der Waals surface area contributed by atoms with Crippen LogP contribution in [0.2, 0.25) is 0 Å². The number of allylic oxidation sites excluding steroid dienone is 1. The highest BCUT2D eigenvalue weighted by Gasteiger charge is 2.10. The molecule has 1 heteroatoms. The van der Waals surface area contributed by atoms with Gasteiger partial charge in [0, 0.05) is 5.41 Å². The molecule has 0 aromatic carbocycles. The van der Waals surface area contributed by atoms with Crippen molar-refractivity contribution in [2.45, 2.75) is 20.8 Å². The summed E-state index contributed by atoms with van der Waals surface area (Å²) >= 11 is 0. The van der Waals surface area contributed by atoms with E-state index in [4.69, 9.17) is 0 Å². The molecular formula is C7H13O. The maximum Gasteiger partial charge on any atom is 0.0907 e. The van der Waals surface area contributed by atoms with E-state index < -0.39 is 0 Å². The van der Waals surface area contributed by atoms with E-state index in [1.54, 1.807) is 0 Å². The monoisotopic (exact) mass is 113 g/mol. The largest absolute Gasteiger partial charge is 0.236 e. The second kappa shape index (κ2) is 2.88. The minimum absolute atomic E-state index is 0.0304. The van der Waals surface area contributed by atoms with Gasteiger partial charge in [-0.2, -0.15) is 0 Å². The van der Waals surface area contributed by atoms with Crippen molar-refractivity contribution in [3.05, 3.63) is 12.2 Å². The first-order valence-electron chi connectivity index (χ1n) is 2.84. The van der Waals surface area contributed by atoms with E-state index in [1.165, 1.54) is 0 Å². The molecule has 0 unspecified atom stereocenters. The van der Waals surface area contributed by atoms with Crippen LogP contribution in [0.4, 0.5) is 0 Å². The van der Waals surface area contributed by atoms with Crippen molar-refractivity contribution < 1.29 is 5.11 Å². The lowest BCUT2D eigenvalue weighted by Gasteiger charge is -2.13. The molecule has 0 aliphatic heterocycles. The van der Waals surface area contributed by atoms with Crippen molar-refractivity contribution >= 4 is 0 Å². The second-order valence-electron chi connectivity index (χ2n) is 2.63. The molecule has 0 amide bonds. The minimum atomic E-state index is -0.144. The summed E-state index contributed by atoms with van der Waals surface area (Å²) in [5.41, 5.74) is -0.144. The molecule has 0 rings (SSSR count). The van der Waals surface area contributed by atoms with Crippen molar-refractivity contribution in [3.63, 3.8) is 0 Å². The Morgan fingerprint density at radius 2 is 2.00 bits per heavy atom. The third-order valence-electron chi connectivity index (χ3n) is 0.990. The first-order chi connectivity index (χ1) is 3.62. The predicted octanol–water partition coefficient (Wildman–Crippen LogP) is 2.02. The molecule has 0 bridgehead atoms. The lowest BCUT2D eigenvalue weighted by molar-refractivity contribution is 0.122. The molecule has 47 valence electrons. The molecule has 0 fully saturated rings. The summed E-state index contributed by atoms with van der Waals surface area (Å²) in [4.78, 5) is 0. The van der Waals surface area contributed by atoms with E-state index in [2.05, 4.69) is 0 Å². The highest BCUT2D eigenvalue weighted by atomic mass is 16.3. The predicted molar refractivity (Wildman–Crippen MR) is 34.1 cm³/mol. The molecule has 0 aliphatic rings. The Morgan fingerprint density at radius 1 is 1.50 bits per heavy atom. The Labute approximate surface area is 51.0 Å². The summed E-state index contributed by atoms with van der Waals surface area (Å²) in [6.45, 7) is 5.76. The van der Waals surface area contributed by atoms with Crippen LogP contribution in [0, 0.1) is 5.41 Å². The number of hydrogen-bond acceptors (Lipinski definition) is 0. The van der Waals surface area contributed by atoms with Crippen LogP contribution >= 0.6 is 0 Å². The van der Waals surface area contributed by atoms with Crippen LogP contribution < -0.4 is 0 Å². The second-order valence-corrected chi connectivity index (χ2v) is 2.63. The van der Waals surface area contributed by atoms with Crippen LogP contribution in [0.15, 0.2) is 12.2 Å². The van der Waals surface area contributed by atoms with Crippen molar-refractivity contribution in [1.82, 2.24) is 0 Å². The van der Waals surface area contributed by atoms with Gasteiger partial charge in [-0.05, 0) is 6.92 Å². The summed E-state index contributed by atoms with van der Waals surface area (Å²) in [5, 5.41) is 10.3. The van der Waals surface area contributed by atoms with Crippen molar-refractivity contribution in [2.24, 2.45) is 5.41 Å². The van der Waals surface area contributed by atoms with Gasteiger partial charge in [-0.25, -0.2) is 5.11 Å². The van der Waals surface area contributed by atoms with E-state index in [0.29, 0.717) is 0 Å². The maximum absolute atomic E-state index is 10.3. The van der Waals surface area contributed by atoms with E-state index in [9.17, 15) is 5.11 Å². The summed E-state index contributed by atoms with van der Waals surface area (Å²) in [5.74, 6) is 0. The molecule has 0 spiro atoms. The topological polar surface area (TPSA) is 19.9 Å². The Morgan fingerprint density at radius 3 is 2.12 bits per heavy atom. The van der Waals surface area contributed by atoms with E-state index in [-0.39, 0.29) is 12.0 Å². The average Bonchev–Trinajstić information content (AvgIpc) is 1.67. The first kappa shape index (κ1) is 7.70. The van der Waals surface area contributed by atoms with Crippen molar-refractivity contribution in [1.29, 1.82) is 0 Å². The van der Waals surface area contributed by atoms with E-state index in [1.807, 2.05) is 32.9 Å². The van der Waals surface area contributed by atoms with Gasteiger partial charge < -0.3 is 0 Å². The summed E-state index contributed by atoms with van der Waals surface area (Å²) < 4.78 is 0. The summed E-state index contributed by atoms with van der Waals surface area (Å²) in [6.07, 6.45) is 3.85. The highest BCUT2D eigenvalue weighted by Crippen LogP contribution is 2.14. The molecule has 0 aliphatic carbocycles. The normalized spacial score (nSPS) is 13.0. The van der Waals surface area contributed by atoms with Gasteiger partial charge in [-0.3, -0.25) is 0 Å². The Balaban J connectivity index is 3.71. The molecule has 0 N–H and O–H groups in total. The van der Waals surface area contributed by atoms with Gasteiger partial charge in [-0.1, -0.05) is 26.0 Å². The lowest BCUT2D eigenvalue weighted by Crippen LogP contribution is -2.11. The molecule has 0 saturated carbocycles. The smallest absolute Gasteiger partial charge is 0.0907 e. The SMILES string of the molecule is CC=CC(C)(C)C[O]. The van der Waals surface area contributed by atoms with Gasteiger partial charge in [0.1, 0.15) is 0 Å². The van der Waals surface area contributed by atoms with Crippen LogP contribution in [-0.4, -0.2) is 6.61 Å². The van der Waals surface area contributed by atoms with Gasteiger partial charge in [0.15, 0.2) is 0 Å². The van der Waals surface area contributed by atoms with Crippen LogP contribution in [-0.2, 0) is 5.11 Å². The van der Waals surface area contributed by atoms with E-state index in [0.717, 1.165) is 0 Å². The van der Waals surface area contributed by atoms with Gasteiger partial charge in [-0.15, -0.1) is 0 Å². The van der Waals surface area contributed by atoms with Crippen LogP contribution in [0.25, 0.3) is 0 Å². The van der Waals surface area contributed by atoms with Crippen LogP contribution in [0.1, 0.15) is 20.8 Å². The fourth-order valence-corrected chi connectivity index (χ4v) is 0.499. The number of rotatable bonds is 2. The molecule has 0 heterocycles. The molecular weight excluding hydrogens is 100 g/mol. The van der Waals surface area contributed by atoms with Gasteiger partial charge in [0.25, 0.3) is 0 Å². The lowest BCUT2D eigenvalue weighted by atomic mass is 9.95. The van der Waals surface area contributed by atoms with Crippen LogP contribution in [0.3, 0.4) is 0 Å². The van der Waals surface area contributed by atoms with Crippen molar-refractivity contribution in [3.8, 4) is 0 Å². The van der Waals surface area contributed by atoms with Gasteiger partial charge in [0.2, 0.25) is 0 Å². The van der Waals surface area contributed by atoms with Crippen LogP contribution in [0.5, 0.6) is 0 Å². The zero-order valence-corrected chi connectivity index (χ0v) is 5.77. The molecule has 0 atom stereocenters. The molecule has 0 aromatic rings. The van der Waals surface area contributed by atoms with Gasteiger partial charge >= 0.3 is 0 Å². The highest BCUT2D eigenvalue weighted by molar-refractivity contribution is 4.91. The minimum Gasteiger partial charge on any atom is -0.236 e. The quantitative estimate of drug-likeness (QED) is 0.488. The average molecular weight is 113 g/mol. The molecule has 0 saturated heterocycles. The maximum atomic E-state index is 10.3. The Kier molecular flexibility index (Phi) is 2.77. The molecule has 0 aromatic heterocycles. The molecule has 8 heavy (non-hydrogen) atoms.